The van der Waals surface area contributed by atoms with Crippen LogP contribution in [0.25, 0.3) is 0 Å². The summed E-state index contributed by atoms with van der Waals surface area (Å²) in [6.45, 7) is 0. The molecule has 0 heterocycles. The van der Waals surface area contributed by atoms with E-state index in [2.05, 4.69) is 4.74 Å². The van der Waals surface area contributed by atoms with Crippen molar-refractivity contribution < 1.29 is 19.4 Å². The van der Waals surface area contributed by atoms with Crippen LogP contribution in [0.15, 0.2) is 59.5 Å². The lowest BCUT2D eigenvalue weighted by Gasteiger charge is -2.23. The molecular formula is C19H22O4S2. The second-order valence-electron chi connectivity index (χ2n) is 5.29. The topological polar surface area (TPSA) is 55.8 Å². The van der Waals surface area contributed by atoms with Gasteiger partial charge in [0.1, 0.15) is 5.75 Å². The third-order valence-electron chi connectivity index (χ3n) is 3.52. The second kappa shape index (κ2) is 10.4. The average molecular weight is 379 g/mol. The van der Waals surface area contributed by atoms with Crippen LogP contribution in [0, 0.1) is 0 Å². The lowest BCUT2D eigenvalue weighted by Crippen LogP contribution is -2.20. The molecule has 134 valence electrons. The molecule has 2 rings (SSSR count). The Morgan fingerprint density at radius 2 is 1.88 bits per heavy atom. The van der Waals surface area contributed by atoms with Crippen molar-refractivity contribution in [3.05, 3.63) is 60.2 Å². The molecule has 0 spiro atoms. The highest BCUT2D eigenvalue weighted by Gasteiger charge is 2.23. The first-order valence-electron chi connectivity index (χ1n) is 7.82. The molecule has 4 nitrogen and oxygen atoms in total. The maximum absolute atomic E-state index is 11.3. The average Bonchev–Trinajstić information content (AvgIpc) is 2.66. The minimum atomic E-state index is -0.603. The summed E-state index contributed by atoms with van der Waals surface area (Å²) in [5.74, 6) is 1.19. The Morgan fingerprint density at radius 1 is 1.12 bits per heavy atom. The molecule has 0 fully saturated rings. The molecule has 2 aromatic rings. The summed E-state index contributed by atoms with van der Waals surface area (Å²) in [5.41, 5.74) is 1.04. The van der Waals surface area contributed by atoms with Crippen molar-refractivity contribution >= 4 is 29.5 Å². The molecule has 0 aromatic heterocycles. The summed E-state index contributed by atoms with van der Waals surface area (Å²) >= 11 is 2.96. The number of benzene rings is 2. The van der Waals surface area contributed by atoms with Crippen LogP contribution in [-0.4, -0.2) is 42.9 Å². The molecule has 6 heteroatoms. The number of rotatable bonds is 9. The predicted molar refractivity (Wildman–Crippen MR) is 103 cm³/mol. The first-order valence-corrected chi connectivity index (χ1v) is 9.85. The number of thioether (sulfide) groups is 2. The first kappa shape index (κ1) is 19.7. The highest BCUT2D eigenvalue weighted by atomic mass is 32.2. The number of hydrogen-bond acceptors (Lipinski definition) is 6. The molecule has 25 heavy (non-hydrogen) atoms. The van der Waals surface area contributed by atoms with Gasteiger partial charge in [-0.3, -0.25) is 4.79 Å². The summed E-state index contributed by atoms with van der Waals surface area (Å²) in [4.78, 5) is 12.3. The summed E-state index contributed by atoms with van der Waals surface area (Å²) < 4.78 is 9.91. The van der Waals surface area contributed by atoms with Gasteiger partial charge in [0.05, 0.1) is 31.3 Å². The van der Waals surface area contributed by atoms with Gasteiger partial charge in [-0.05, 0) is 23.8 Å². The Bertz CT molecular complexity index is 663. The minimum Gasteiger partial charge on any atom is -0.497 e. The van der Waals surface area contributed by atoms with Crippen LogP contribution in [0.3, 0.4) is 0 Å². The molecular weight excluding hydrogens is 356 g/mol. The van der Waals surface area contributed by atoms with Crippen LogP contribution in [0.1, 0.15) is 10.8 Å². The fraction of sp³-hybridized carbons (Fsp3) is 0.316. The number of esters is 1. The Kier molecular flexibility index (Phi) is 8.18. The number of carbonyl (C=O) groups is 1. The zero-order chi connectivity index (χ0) is 18.1. The van der Waals surface area contributed by atoms with Gasteiger partial charge in [0, 0.05) is 10.6 Å². The predicted octanol–water partition coefficient (Wildman–Crippen LogP) is 3.80. The van der Waals surface area contributed by atoms with E-state index in [-0.39, 0.29) is 17.0 Å². The highest BCUT2D eigenvalue weighted by molar-refractivity contribution is 8.00. The van der Waals surface area contributed by atoms with Crippen LogP contribution in [0.4, 0.5) is 0 Å². The number of methoxy groups -OCH3 is 2. The van der Waals surface area contributed by atoms with Crippen LogP contribution in [0.2, 0.25) is 0 Å². The number of carbonyl (C=O) groups excluding carboxylic acids is 1. The number of ether oxygens (including phenoxy) is 2. The van der Waals surface area contributed by atoms with E-state index in [1.54, 1.807) is 18.9 Å². The Balaban J connectivity index is 2.11. The molecule has 2 atom stereocenters. The van der Waals surface area contributed by atoms with E-state index in [1.807, 2.05) is 54.6 Å². The Labute approximate surface area is 156 Å². The maximum atomic E-state index is 11.3. The summed E-state index contributed by atoms with van der Waals surface area (Å²) in [6.07, 6.45) is -0.603. The van der Waals surface area contributed by atoms with Crippen molar-refractivity contribution in [2.75, 3.05) is 25.7 Å². The molecule has 0 saturated heterocycles. The van der Waals surface area contributed by atoms with Crippen LogP contribution >= 0.6 is 23.5 Å². The van der Waals surface area contributed by atoms with Crippen molar-refractivity contribution in [1.29, 1.82) is 0 Å². The standard InChI is InChI=1S/C19H22O4S2/c1-22-15-9-6-10-16(11-15)25-19(14-7-4-3-5-8-14)17(20)12-24-13-18(21)23-2/h3-11,17,19-20H,12-13H2,1-2H3. The SMILES string of the molecule is COC(=O)CSCC(O)C(Sc1cccc(OC)c1)c1ccccc1. The van der Waals surface area contributed by atoms with E-state index in [9.17, 15) is 9.90 Å². The number of hydrogen-bond donors (Lipinski definition) is 1. The van der Waals surface area contributed by atoms with E-state index < -0.39 is 6.10 Å². The zero-order valence-electron chi connectivity index (χ0n) is 14.3. The normalized spacial score (nSPS) is 13.1. The van der Waals surface area contributed by atoms with Crippen molar-refractivity contribution in [3.63, 3.8) is 0 Å². The third kappa shape index (κ3) is 6.30. The lowest BCUT2D eigenvalue weighted by atomic mass is 10.1. The van der Waals surface area contributed by atoms with Crippen molar-refractivity contribution in [2.45, 2.75) is 16.2 Å². The molecule has 0 aliphatic heterocycles. The first-order chi connectivity index (χ1) is 12.1. The second-order valence-corrected chi connectivity index (χ2v) is 7.53. The Morgan fingerprint density at radius 3 is 2.56 bits per heavy atom. The maximum Gasteiger partial charge on any atom is 0.315 e. The van der Waals surface area contributed by atoms with Crippen LogP contribution < -0.4 is 4.74 Å². The third-order valence-corrected chi connectivity index (χ3v) is 5.90. The number of aliphatic hydroxyl groups is 1. The molecule has 0 radical (unpaired) electrons. The van der Waals surface area contributed by atoms with Gasteiger partial charge in [0.25, 0.3) is 0 Å². The van der Waals surface area contributed by atoms with E-state index >= 15 is 0 Å². The summed E-state index contributed by atoms with van der Waals surface area (Å²) in [6, 6.07) is 17.7. The van der Waals surface area contributed by atoms with Gasteiger partial charge in [-0.2, -0.15) is 0 Å². The quantitative estimate of drug-likeness (QED) is 0.529. The van der Waals surface area contributed by atoms with Crippen molar-refractivity contribution in [1.82, 2.24) is 0 Å². The van der Waals surface area contributed by atoms with Crippen LogP contribution in [-0.2, 0) is 9.53 Å². The van der Waals surface area contributed by atoms with Crippen molar-refractivity contribution in [2.24, 2.45) is 0 Å². The lowest BCUT2D eigenvalue weighted by molar-refractivity contribution is -0.137. The molecule has 2 aromatic carbocycles. The van der Waals surface area contributed by atoms with E-state index in [0.717, 1.165) is 16.2 Å². The molecule has 0 bridgehead atoms. The Hall–Kier alpha value is -1.63. The van der Waals surface area contributed by atoms with Gasteiger partial charge in [-0.25, -0.2) is 0 Å². The zero-order valence-corrected chi connectivity index (χ0v) is 15.9. The molecule has 0 amide bonds. The molecule has 0 aliphatic carbocycles. The monoisotopic (exact) mass is 378 g/mol. The van der Waals surface area contributed by atoms with Crippen molar-refractivity contribution in [3.8, 4) is 5.75 Å². The molecule has 1 N–H and O–H groups in total. The molecule has 2 unspecified atom stereocenters. The van der Waals surface area contributed by atoms with Gasteiger partial charge in [-0.1, -0.05) is 36.4 Å². The van der Waals surface area contributed by atoms with Crippen LogP contribution in [0.5, 0.6) is 5.75 Å². The van der Waals surface area contributed by atoms with Gasteiger partial charge in [0.15, 0.2) is 0 Å². The van der Waals surface area contributed by atoms with Gasteiger partial charge >= 0.3 is 5.97 Å². The van der Waals surface area contributed by atoms with E-state index in [0.29, 0.717) is 5.75 Å². The highest BCUT2D eigenvalue weighted by Crippen LogP contribution is 2.39. The molecule has 0 aliphatic rings. The van der Waals surface area contributed by atoms with Gasteiger partial charge in [-0.15, -0.1) is 23.5 Å². The number of aliphatic hydroxyl groups excluding tert-OH is 1. The minimum absolute atomic E-state index is 0.140. The van der Waals surface area contributed by atoms with Gasteiger partial charge < -0.3 is 14.6 Å². The fourth-order valence-electron chi connectivity index (χ4n) is 2.24. The summed E-state index contributed by atoms with van der Waals surface area (Å²) in [5, 5.41) is 10.6. The fourth-order valence-corrected chi connectivity index (χ4v) is 4.38. The van der Waals surface area contributed by atoms with E-state index in [4.69, 9.17) is 4.74 Å². The van der Waals surface area contributed by atoms with E-state index in [1.165, 1.54) is 18.9 Å². The smallest absolute Gasteiger partial charge is 0.315 e. The summed E-state index contributed by atoms with van der Waals surface area (Å²) in [7, 11) is 3.00. The largest absolute Gasteiger partial charge is 0.497 e. The van der Waals surface area contributed by atoms with Gasteiger partial charge in [0.2, 0.25) is 0 Å². The molecule has 0 saturated carbocycles.